The van der Waals surface area contributed by atoms with Gasteiger partial charge >= 0.3 is 0 Å². The molecule has 27 heavy (non-hydrogen) atoms. The Morgan fingerprint density at radius 3 is 2.81 bits per heavy atom. The molecule has 2 aromatic heterocycles. The van der Waals surface area contributed by atoms with E-state index < -0.39 is 6.04 Å². The van der Waals surface area contributed by atoms with Gasteiger partial charge in [0.25, 0.3) is 5.91 Å². The van der Waals surface area contributed by atoms with Gasteiger partial charge in [0.05, 0.1) is 18.3 Å². The fraction of sp³-hybridized carbons (Fsp3) is 0.211. The zero-order valence-corrected chi connectivity index (χ0v) is 15.5. The number of Topliss-reactive ketones (excluding diaryl/α,β-unsaturated/α-hetero) is 1. The van der Waals surface area contributed by atoms with E-state index in [1.54, 1.807) is 35.7 Å². The number of hydrogen-bond donors (Lipinski definition) is 4. The molecule has 2 heterocycles. The summed E-state index contributed by atoms with van der Waals surface area (Å²) in [5.74, 6) is -0.321. The molecule has 0 bridgehead atoms. The average Bonchev–Trinajstić information content (AvgIpc) is 3.35. The molecule has 0 aliphatic rings. The molecule has 5 N–H and O–H groups in total. The topological polar surface area (TPSA) is 121 Å². The standard InChI is InChI=1S/C19H20N4O3S/c1-11(25)12-3-2-4-13(7-12)15-5-6-16(22-15)18(26)23-17(8-20)19-21-14(9-24)10-27-19/h2-7,10,17,22,24H,8-9,20H2,1H3,(H,23,26)/t17-/m0/s1. The lowest BCUT2D eigenvalue weighted by Gasteiger charge is -2.13. The monoisotopic (exact) mass is 384 g/mol. The van der Waals surface area contributed by atoms with E-state index in [1.165, 1.54) is 18.3 Å². The first-order valence-corrected chi connectivity index (χ1v) is 9.26. The number of nitrogens with two attached hydrogens (primary N) is 1. The first-order chi connectivity index (χ1) is 13.0. The number of carbonyl (C=O) groups excluding carboxylic acids is 2. The molecule has 0 aliphatic heterocycles. The maximum Gasteiger partial charge on any atom is 0.268 e. The number of aliphatic hydroxyl groups excluding tert-OH is 1. The molecule has 1 amide bonds. The van der Waals surface area contributed by atoms with E-state index in [2.05, 4.69) is 15.3 Å². The highest BCUT2D eigenvalue weighted by Crippen LogP contribution is 2.22. The van der Waals surface area contributed by atoms with Gasteiger partial charge in [0.1, 0.15) is 10.7 Å². The lowest BCUT2D eigenvalue weighted by atomic mass is 10.1. The molecular weight excluding hydrogens is 364 g/mol. The lowest BCUT2D eigenvalue weighted by molar-refractivity contribution is 0.0932. The molecule has 0 spiro atoms. The number of aromatic nitrogens is 2. The van der Waals surface area contributed by atoms with Gasteiger partial charge in [-0.15, -0.1) is 11.3 Å². The van der Waals surface area contributed by atoms with E-state index in [-0.39, 0.29) is 24.8 Å². The van der Waals surface area contributed by atoms with Crippen LogP contribution in [-0.4, -0.2) is 33.3 Å². The number of rotatable bonds is 7. The number of thiazole rings is 1. The largest absolute Gasteiger partial charge is 0.390 e. The van der Waals surface area contributed by atoms with Crippen molar-refractivity contribution in [3.8, 4) is 11.3 Å². The van der Waals surface area contributed by atoms with Gasteiger partial charge in [0.15, 0.2) is 5.78 Å². The molecule has 1 aromatic carbocycles. The number of nitrogens with zero attached hydrogens (tertiary/aromatic N) is 1. The number of aromatic amines is 1. The van der Waals surface area contributed by atoms with E-state index >= 15 is 0 Å². The highest BCUT2D eigenvalue weighted by Gasteiger charge is 2.19. The maximum atomic E-state index is 12.6. The molecule has 0 radical (unpaired) electrons. The second-order valence-electron chi connectivity index (χ2n) is 6.02. The molecule has 0 saturated carbocycles. The van der Waals surface area contributed by atoms with Gasteiger partial charge in [0.2, 0.25) is 0 Å². The van der Waals surface area contributed by atoms with Crippen LogP contribution >= 0.6 is 11.3 Å². The summed E-state index contributed by atoms with van der Waals surface area (Å²) in [6.07, 6.45) is 0. The fourth-order valence-electron chi connectivity index (χ4n) is 2.61. The third-order valence-electron chi connectivity index (χ3n) is 4.08. The summed E-state index contributed by atoms with van der Waals surface area (Å²) in [4.78, 5) is 31.4. The number of aliphatic hydroxyl groups is 1. The van der Waals surface area contributed by atoms with E-state index in [0.717, 1.165) is 11.3 Å². The minimum atomic E-state index is -0.435. The van der Waals surface area contributed by atoms with E-state index in [1.807, 2.05) is 6.07 Å². The highest BCUT2D eigenvalue weighted by molar-refractivity contribution is 7.09. The second-order valence-corrected chi connectivity index (χ2v) is 6.91. The van der Waals surface area contributed by atoms with Crippen molar-refractivity contribution >= 4 is 23.0 Å². The zero-order valence-electron chi connectivity index (χ0n) is 14.7. The third kappa shape index (κ3) is 4.30. The first kappa shape index (κ1) is 19.0. The minimum Gasteiger partial charge on any atom is -0.390 e. The molecule has 8 heteroatoms. The van der Waals surface area contributed by atoms with Crippen molar-refractivity contribution in [3.05, 3.63) is 63.7 Å². The second kappa shape index (κ2) is 8.26. The number of carbonyl (C=O) groups is 2. The van der Waals surface area contributed by atoms with E-state index in [9.17, 15) is 9.59 Å². The van der Waals surface area contributed by atoms with Crippen molar-refractivity contribution < 1.29 is 14.7 Å². The quantitative estimate of drug-likeness (QED) is 0.466. The molecule has 140 valence electrons. The molecule has 0 aliphatic carbocycles. The summed E-state index contributed by atoms with van der Waals surface area (Å²) in [7, 11) is 0. The van der Waals surface area contributed by atoms with Gasteiger partial charge in [-0.05, 0) is 30.7 Å². The van der Waals surface area contributed by atoms with Crippen LogP contribution in [0.15, 0.2) is 41.8 Å². The van der Waals surface area contributed by atoms with Crippen molar-refractivity contribution in [1.29, 1.82) is 0 Å². The van der Waals surface area contributed by atoms with Crippen LogP contribution in [0.2, 0.25) is 0 Å². The molecule has 3 aromatic rings. The smallest absolute Gasteiger partial charge is 0.268 e. The summed E-state index contributed by atoms with van der Waals surface area (Å²) < 4.78 is 0. The summed E-state index contributed by atoms with van der Waals surface area (Å²) in [5, 5.41) is 14.4. The molecule has 3 rings (SSSR count). The Morgan fingerprint density at radius 2 is 2.15 bits per heavy atom. The summed E-state index contributed by atoms with van der Waals surface area (Å²) >= 11 is 1.34. The van der Waals surface area contributed by atoms with Crippen molar-refractivity contribution in [2.45, 2.75) is 19.6 Å². The molecule has 1 atom stereocenters. The first-order valence-electron chi connectivity index (χ1n) is 8.38. The summed E-state index contributed by atoms with van der Waals surface area (Å²) in [6.45, 7) is 1.56. The Morgan fingerprint density at radius 1 is 1.33 bits per heavy atom. The Bertz CT molecular complexity index is 963. The molecule has 0 fully saturated rings. The van der Waals surface area contributed by atoms with Gasteiger partial charge in [-0.25, -0.2) is 4.98 Å². The predicted molar refractivity (Wildman–Crippen MR) is 104 cm³/mol. The number of H-pyrrole nitrogens is 1. The third-order valence-corrected chi connectivity index (χ3v) is 5.09. The van der Waals surface area contributed by atoms with Crippen LogP contribution in [0.3, 0.4) is 0 Å². The Balaban J connectivity index is 1.76. The van der Waals surface area contributed by atoms with Crippen molar-refractivity contribution in [2.24, 2.45) is 5.73 Å². The Labute approximate surface area is 160 Å². The van der Waals surface area contributed by atoms with Gasteiger partial charge in [0, 0.05) is 23.2 Å². The van der Waals surface area contributed by atoms with Crippen molar-refractivity contribution in [1.82, 2.24) is 15.3 Å². The van der Waals surface area contributed by atoms with Crippen LogP contribution in [0.1, 0.15) is 44.5 Å². The number of benzene rings is 1. The average molecular weight is 384 g/mol. The SMILES string of the molecule is CC(=O)c1cccc(-c2ccc(C(=O)N[C@@H](CN)c3nc(CO)cs3)[nH]2)c1. The zero-order chi connectivity index (χ0) is 19.4. The molecular formula is C19H20N4O3S. The fourth-order valence-corrected chi connectivity index (χ4v) is 3.49. The number of nitrogens with one attached hydrogen (secondary N) is 2. The molecule has 7 nitrogen and oxygen atoms in total. The number of hydrogen-bond acceptors (Lipinski definition) is 6. The molecule has 0 saturated heterocycles. The summed E-state index contributed by atoms with van der Waals surface area (Å²) in [5.41, 5.74) is 8.88. The Hall–Kier alpha value is -2.81. The van der Waals surface area contributed by atoms with Crippen LogP contribution in [0, 0.1) is 0 Å². The normalized spacial score (nSPS) is 12.0. The van der Waals surface area contributed by atoms with Crippen LogP contribution in [0.25, 0.3) is 11.3 Å². The van der Waals surface area contributed by atoms with Gasteiger partial charge in [-0.2, -0.15) is 0 Å². The van der Waals surface area contributed by atoms with E-state index in [0.29, 0.717) is 22.0 Å². The molecule has 0 unspecified atom stereocenters. The van der Waals surface area contributed by atoms with Crippen LogP contribution in [0.5, 0.6) is 0 Å². The van der Waals surface area contributed by atoms with E-state index in [4.69, 9.17) is 10.8 Å². The van der Waals surface area contributed by atoms with Crippen molar-refractivity contribution in [2.75, 3.05) is 6.54 Å². The van der Waals surface area contributed by atoms with Gasteiger partial charge < -0.3 is 21.1 Å². The van der Waals surface area contributed by atoms with Crippen LogP contribution < -0.4 is 11.1 Å². The highest BCUT2D eigenvalue weighted by atomic mass is 32.1. The summed E-state index contributed by atoms with van der Waals surface area (Å²) in [6, 6.07) is 10.2. The predicted octanol–water partition coefficient (Wildman–Crippen LogP) is 2.26. The lowest BCUT2D eigenvalue weighted by Crippen LogP contribution is -2.33. The Kier molecular flexibility index (Phi) is 5.80. The maximum absolute atomic E-state index is 12.6. The minimum absolute atomic E-state index is 0.0159. The number of ketones is 1. The van der Waals surface area contributed by atoms with Crippen LogP contribution in [0.4, 0.5) is 0 Å². The van der Waals surface area contributed by atoms with Gasteiger partial charge in [-0.1, -0.05) is 18.2 Å². The van der Waals surface area contributed by atoms with Crippen LogP contribution in [-0.2, 0) is 6.61 Å². The number of amides is 1. The van der Waals surface area contributed by atoms with Gasteiger partial charge in [-0.3, -0.25) is 9.59 Å². The van der Waals surface area contributed by atoms with Crippen molar-refractivity contribution in [3.63, 3.8) is 0 Å².